The minimum atomic E-state index is -1.14. The fourth-order valence-corrected chi connectivity index (χ4v) is 2.60. The number of carboxylic acids is 1. The quantitative estimate of drug-likeness (QED) is 0.920. The van der Waals surface area contributed by atoms with Crippen molar-refractivity contribution in [2.45, 2.75) is 39.2 Å². The largest absolute Gasteiger partial charge is 0.476 e. The van der Waals surface area contributed by atoms with Crippen molar-refractivity contribution < 1.29 is 14.6 Å². The Hall–Kier alpha value is -1.29. The maximum absolute atomic E-state index is 11.0. The number of pyridine rings is 1. The number of aromatic nitrogens is 1. The van der Waals surface area contributed by atoms with Gasteiger partial charge in [0.15, 0.2) is 5.69 Å². The molecule has 0 saturated heterocycles. The van der Waals surface area contributed by atoms with E-state index >= 15 is 0 Å². The Morgan fingerprint density at radius 1 is 1.37 bits per heavy atom. The second-order valence-electron chi connectivity index (χ2n) is 5.29. The predicted octanol–water partition coefficient (Wildman–Crippen LogP) is 3.64. The third-order valence-corrected chi connectivity index (χ3v) is 4.17. The summed E-state index contributed by atoms with van der Waals surface area (Å²) in [5, 5.41) is 9.10. The van der Waals surface area contributed by atoms with Gasteiger partial charge < -0.3 is 9.84 Å². The minimum Gasteiger partial charge on any atom is -0.476 e. The highest BCUT2D eigenvalue weighted by Gasteiger charge is 2.26. The first-order valence-corrected chi connectivity index (χ1v) is 6.91. The van der Waals surface area contributed by atoms with Gasteiger partial charge in [-0.25, -0.2) is 9.78 Å². The van der Waals surface area contributed by atoms with E-state index in [9.17, 15) is 4.79 Å². The first kappa shape index (κ1) is 14.1. The molecule has 1 aromatic rings. The molecule has 0 radical (unpaired) electrons. The van der Waals surface area contributed by atoms with Crippen molar-refractivity contribution in [1.29, 1.82) is 0 Å². The van der Waals surface area contributed by atoms with Crippen molar-refractivity contribution in [2.75, 3.05) is 0 Å². The molecule has 2 rings (SSSR count). The topological polar surface area (TPSA) is 59.4 Å². The molecule has 104 valence electrons. The van der Waals surface area contributed by atoms with E-state index < -0.39 is 5.97 Å². The third-order valence-electron chi connectivity index (χ3n) is 3.86. The molecule has 0 bridgehead atoms. The van der Waals surface area contributed by atoms with Gasteiger partial charge in [0.2, 0.25) is 5.88 Å². The highest BCUT2D eigenvalue weighted by molar-refractivity contribution is 6.33. The van der Waals surface area contributed by atoms with Gasteiger partial charge in [-0.15, -0.1) is 0 Å². The van der Waals surface area contributed by atoms with Gasteiger partial charge in [-0.3, -0.25) is 0 Å². The van der Waals surface area contributed by atoms with E-state index in [0.717, 1.165) is 19.3 Å². The molecule has 19 heavy (non-hydrogen) atoms. The molecule has 1 heterocycles. The molecular weight excluding hydrogens is 266 g/mol. The summed E-state index contributed by atoms with van der Waals surface area (Å²) in [5.74, 6) is 0.534. The van der Waals surface area contributed by atoms with Crippen LogP contribution >= 0.6 is 11.6 Å². The maximum atomic E-state index is 11.0. The van der Waals surface area contributed by atoms with Gasteiger partial charge in [0.05, 0.1) is 5.02 Å². The molecule has 3 atom stereocenters. The van der Waals surface area contributed by atoms with E-state index in [4.69, 9.17) is 21.4 Å². The summed E-state index contributed by atoms with van der Waals surface area (Å²) in [4.78, 5) is 14.9. The molecule has 0 spiro atoms. The monoisotopic (exact) mass is 283 g/mol. The number of aromatic carboxylic acids is 1. The van der Waals surface area contributed by atoms with Gasteiger partial charge >= 0.3 is 5.97 Å². The molecule has 0 aromatic carbocycles. The van der Waals surface area contributed by atoms with Crippen LogP contribution in [0, 0.1) is 11.8 Å². The van der Waals surface area contributed by atoms with E-state index in [1.165, 1.54) is 6.07 Å². The Bertz CT molecular complexity index is 478. The molecule has 1 aliphatic rings. The van der Waals surface area contributed by atoms with Crippen LogP contribution < -0.4 is 4.74 Å². The van der Waals surface area contributed by atoms with Gasteiger partial charge in [-0.05, 0) is 37.2 Å². The van der Waals surface area contributed by atoms with E-state index in [0.29, 0.717) is 17.7 Å². The van der Waals surface area contributed by atoms with Crippen LogP contribution in [0.3, 0.4) is 0 Å². The zero-order valence-corrected chi connectivity index (χ0v) is 11.9. The van der Waals surface area contributed by atoms with Crippen LogP contribution in [0.5, 0.6) is 5.88 Å². The molecule has 1 saturated carbocycles. The molecule has 5 heteroatoms. The molecular formula is C14H18ClNO3. The van der Waals surface area contributed by atoms with Gasteiger partial charge in [0.1, 0.15) is 6.10 Å². The lowest BCUT2D eigenvalue weighted by Crippen LogP contribution is -2.29. The van der Waals surface area contributed by atoms with Gasteiger partial charge in [0.25, 0.3) is 0 Å². The van der Waals surface area contributed by atoms with Crippen LogP contribution in [0.4, 0.5) is 0 Å². The van der Waals surface area contributed by atoms with Crippen LogP contribution in [0.25, 0.3) is 0 Å². The van der Waals surface area contributed by atoms with Crippen molar-refractivity contribution in [3.05, 3.63) is 22.8 Å². The number of nitrogens with zero attached hydrogens (tertiary/aromatic N) is 1. The lowest BCUT2D eigenvalue weighted by Gasteiger charge is -2.31. The number of hydrogen-bond acceptors (Lipinski definition) is 3. The Balaban J connectivity index is 2.07. The normalized spacial score (nSPS) is 27.0. The summed E-state index contributed by atoms with van der Waals surface area (Å²) in [6.07, 6.45) is 3.21. The number of halogens is 1. The zero-order valence-electron chi connectivity index (χ0n) is 11.1. The number of ether oxygens (including phenoxy) is 1. The highest BCUT2D eigenvalue weighted by Crippen LogP contribution is 2.31. The van der Waals surface area contributed by atoms with Crippen LogP contribution in [-0.4, -0.2) is 22.2 Å². The first-order chi connectivity index (χ1) is 8.97. The Morgan fingerprint density at radius 2 is 2.11 bits per heavy atom. The predicted molar refractivity (Wildman–Crippen MR) is 72.8 cm³/mol. The zero-order chi connectivity index (χ0) is 14.0. The molecule has 1 fully saturated rings. The third kappa shape index (κ3) is 3.38. The van der Waals surface area contributed by atoms with Crippen LogP contribution in [0.15, 0.2) is 12.1 Å². The fourth-order valence-electron chi connectivity index (χ4n) is 2.42. The van der Waals surface area contributed by atoms with Crippen molar-refractivity contribution >= 4 is 17.6 Å². The number of hydrogen-bond donors (Lipinski definition) is 1. The lowest BCUT2D eigenvalue weighted by molar-refractivity contribution is 0.0683. The first-order valence-electron chi connectivity index (χ1n) is 6.54. The smallest absolute Gasteiger partial charge is 0.356 e. The molecule has 1 aromatic heterocycles. The lowest BCUT2D eigenvalue weighted by atomic mass is 9.80. The van der Waals surface area contributed by atoms with E-state index in [2.05, 4.69) is 18.8 Å². The molecule has 1 aliphatic carbocycles. The van der Waals surface area contributed by atoms with Crippen LogP contribution in [0.2, 0.25) is 5.02 Å². The summed E-state index contributed by atoms with van der Waals surface area (Å²) < 4.78 is 5.79. The van der Waals surface area contributed by atoms with Gasteiger partial charge in [-0.2, -0.15) is 0 Å². The summed E-state index contributed by atoms with van der Waals surface area (Å²) in [6.45, 7) is 4.47. The SMILES string of the molecule is CC1CCC(Oc2ccc(Cl)c(C(=O)O)n2)CC1C. The summed E-state index contributed by atoms with van der Waals surface area (Å²) in [6, 6.07) is 3.14. The van der Waals surface area contributed by atoms with Crippen molar-refractivity contribution in [2.24, 2.45) is 11.8 Å². The average molecular weight is 284 g/mol. The highest BCUT2D eigenvalue weighted by atomic mass is 35.5. The number of rotatable bonds is 3. The Morgan fingerprint density at radius 3 is 2.74 bits per heavy atom. The van der Waals surface area contributed by atoms with Crippen molar-refractivity contribution in [3.8, 4) is 5.88 Å². The minimum absolute atomic E-state index is 0.113. The second-order valence-corrected chi connectivity index (χ2v) is 5.70. The number of carbonyl (C=O) groups is 1. The fraction of sp³-hybridized carbons (Fsp3) is 0.571. The van der Waals surface area contributed by atoms with E-state index in [1.54, 1.807) is 6.07 Å². The van der Waals surface area contributed by atoms with E-state index in [1.807, 2.05) is 0 Å². The number of carboxylic acid groups (broad SMARTS) is 1. The molecule has 0 aliphatic heterocycles. The maximum Gasteiger partial charge on any atom is 0.356 e. The Labute approximate surface area is 117 Å². The standard InChI is InChI=1S/C14H18ClNO3/c1-8-3-4-10(7-9(8)2)19-12-6-5-11(15)13(16-12)14(17)18/h5-6,8-10H,3-4,7H2,1-2H3,(H,17,18). The molecule has 3 unspecified atom stereocenters. The van der Waals surface area contributed by atoms with Crippen molar-refractivity contribution in [1.82, 2.24) is 4.98 Å². The molecule has 4 nitrogen and oxygen atoms in total. The van der Waals surface area contributed by atoms with Gasteiger partial charge in [0, 0.05) is 6.07 Å². The summed E-state index contributed by atoms with van der Waals surface area (Å²) >= 11 is 5.78. The summed E-state index contributed by atoms with van der Waals surface area (Å²) in [5.41, 5.74) is -0.156. The second kappa shape index (κ2) is 5.78. The average Bonchev–Trinajstić information content (AvgIpc) is 2.36. The van der Waals surface area contributed by atoms with E-state index in [-0.39, 0.29) is 16.8 Å². The Kier molecular flexibility index (Phi) is 4.30. The van der Waals surface area contributed by atoms with Crippen LogP contribution in [0.1, 0.15) is 43.6 Å². The molecule has 0 amide bonds. The van der Waals surface area contributed by atoms with Gasteiger partial charge in [-0.1, -0.05) is 25.4 Å². The molecule has 1 N–H and O–H groups in total. The van der Waals surface area contributed by atoms with Crippen molar-refractivity contribution in [3.63, 3.8) is 0 Å². The summed E-state index contributed by atoms with van der Waals surface area (Å²) in [7, 11) is 0. The van der Waals surface area contributed by atoms with Crippen LogP contribution in [-0.2, 0) is 0 Å².